The van der Waals surface area contributed by atoms with Crippen molar-refractivity contribution in [2.45, 2.75) is 44.8 Å². The molecule has 0 aromatic rings. The highest BCUT2D eigenvalue weighted by Crippen LogP contribution is 2.33. The summed E-state index contributed by atoms with van der Waals surface area (Å²) in [6.45, 7) is 9.38. The zero-order chi connectivity index (χ0) is 14.1. The van der Waals surface area contributed by atoms with Crippen molar-refractivity contribution in [2.75, 3.05) is 32.8 Å². The fourth-order valence-corrected chi connectivity index (χ4v) is 3.00. The van der Waals surface area contributed by atoms with E-state index in [0.29, 0.717) is 19.8 Å². The molecular formula is C13H23BrN2O3. The molecule has 6 heteroatoms. The van der Waals surface area contributed by atoms with Crippen LogP contribution in [-0.2, 0) is 9.47 Å². The van der Waals surface area contributed by atoms with E-state index in [4.69, 9.17) is 9.47 Å². The van der Waals surface area contributed by atoms with E-state index in [-0.39, 0.29) is 11.6 Å². The van der Waals surface area contributed by atoms with Gasteiger partial charge in [-0.2, -0.15) is 0 Å². The average molecular weight is 335 g/mol. The van der Waals surface area contributed by atoms with Crippen LogP contribution in [-0.4, -0.2) is 58.9 Å². The van der Waals surface area contributed by atoms with E-state index >= 15 is 0 Å². The average Bonchev–Trinajstić information content (AvgIpc) is 2.31. The SMILES string of the molecule is CC(C)(C)OC(=O)N1CCOCC12CCN(Br)CC2. The molecule has 2 aliphatic heterocycles. The second kappa shape index (κ2) is 5.58. The van der Waals surface area contributed by atoms with E-state index in [9.17, 15) is 4.79 Å². The minimum absolute atomic E-state index is 0.190. The van der Waals surface area contributed by atoms with Gasteiger partial charge in [0, 0.05) is 35.8 Å². The molecule has 0 unspecified atom stereocenters. The van der Waals surface area contributed by atoms with Gasteiger partial charge in [-0.25, -0.2) is 8.72 Å². The number of morpholine rings is 1. The molecular weight excluding hydrogens is 312 g/mol. The van der Waals surface area contributed by atoms with E-state index in [2.05, 4.69) is 20.1 Å². The summed E-state index contributed by atoms with van der Waals surface area (Å²) in [5, 5.41) is 0. The van der Waals surface area contributed by atoms with Crippen molar-refractivity contribution in [3.05, 3.63) is 0 Å². The predicted molar refractivity (Wildman–Crippen MR) is 76.2 cm³/mol. The van der Waals surface area contributed by atoms with Crippen LogP contribution in [0.4, 0.5) is 4.79 Å². The Bertz CT molecular complexity index is 335. The molecule has 2 fully saturated rings. The van der Waals surface area contributed by atoms with Gasteiger partial charge in [-0.15, -0.1) is 0 Å². The minimum Gasteiger partial charge on any atom is -0.444 e. The third-order valence-corrected chi connectivity index (χ3v) is 4.37. The summed E-state index contributed by atoms with van der Waals surface area (Å²) in [7, 11) is 0. The van der Waals surface area contributed by atoms with Crippen molar-refractivity contribution in [3.63, 3.8) is 0 Å². The Morgan fingerprint density at radius 2 is 1.89 bits per heavy atom. The quantitative estimate of drug-likeness (QED) is 0.638. The van der Waals surface area contributed by atoms with Gasteiger partial charge in [0.25, 0.3) is 0 Å². The summed E-state index contributed by atoms with van der Waals surface area (Å²) in [6, 6.07) is 0. The first-order valence-corrected chi connectivity index (χ1v) is 7.52. The van der Waals surface area contributed by atoms with E-state index in [1.165, 1.54) is 0 Å². The third kappa shape index (κ3) is 3.61. The molecule has 0 aliphatic carbocycles. The molecule has 0 radical (unpaired) electrons. The first-order chi connectivity index (χ1) is 8.82. The van der Waals surface area contributed by atoms with Crippen LogP contribution in [0.2, 0.25) is 0 Å². The highest BCUT2D eigenvalue weighted by molar-refractivity contribution is 9.07. The number of hydrogen-bond acceptors (Lipinski definition) is 4. The molecule has 2 saturated heterocycles. The number of rotatable bonds is 0. The molecule has 5 nitrogen and oxygen atoms in total. The van der Waals surface area contributed by atoms with Crippen LogP contribution < -0.4 is 0 Å². The molecule has 0 aromatic heterocycles. The van der Waals surface area contributed by atoms with Gasteiger partial charge in [-0.3, -0.25) is 4.90 Å². The number of nitrogens with zero attached hydrogens (tertiary/aromatic N) is 2. The van der Waals surface area contributed by atoms with Crippen LogP contribution in [0.5, 0.6) is 0 Å². The maximum atomic E-state index is 12.4. The molecule has 2 rings (SSSR count). The van der Waals surface area contributed by atoms with Crippen molar-refractivity contribution >= 4 is 22.2 Å². The fraction of sp³-hybridized carbons (Fsp3) is 0.923. The van der Waals surface area contributed by atoms with E-state index in [0.717, 1.165) is 25.9 Å². The van der Waals surface area contributed by atoms with Gasteiger partial charge >= 0.3 is 6.09 Å². The van der Waals surface area contributed by atoms with Gasteiger partial charge < -0.3 is 9.47 Å². The first kappa shape index (κ1) is 15.1. The lowest BCUT2D eigenvalue weighted by Gasteiger charge is -2.49. The molecule has 2 aliphatic rings. The molecule has 19 heavy (non-hydrogen) atoms. The van der Waals surface area contributed by atoms with Crippen molar-refractivity contribution < 1.29 is 14.3 Å². The lowest BCUT2D eigenvalue weighted by atomic mass is 9.86. The lowest BCUT2D eigenvalue weighted by Crippen LogP contribution is -2.63. The van der Waals surface area contributed by atoms with Crippen LogP contribution in [0.25, 0.3) is 0 Å². The Morgan fingerprint density at radius 3 is 2.47 bits per heavy atom. The van der Waals surface area contributed by atoms with Crippen LogP contribution in [0, 0.1) is 0 Å². The van der Waals surface area contributed by atoms with Gasteiger partial charge in [0.15, 0.2) is 0 Å². The molecule has 0 N–H and O–H groups in total. The topological polar surface area (TPSA) is 42.0 Å². The molecule has 0 atom stereocenters. The van der Waals surface area contributed by atoms with Crippen LogP contribution >= 0.6 is 16.1 Å². The molecule has 0 saturated carbocycles. The number of piperidine rings is 1. The Balaban J connectivity index is 2.10. The van der Waals surface area contributed by atoms with Gasteiger partial charge in [-0.1, -0.05) is 0 Å². The normalized spacial score (nSPS) is 24.5. The number of hydrogen-bond donors (Lipinski definition) is 0. The van der Waals surface area contributed by atoms with Crippen molar-refractivity contribution in [2.24, 2.45) is 0 Å². The molecule has 110 valence electrons. The molecule has 0 bridgehead atoms. The van der Waals surface area contributed by atoms with E-state index in [1.807, 2.05) is 25.7 Å². The van der Waals surface area contributed by atoms with Crippen molar-refractivity contribution in [1.29, 1.82) is 0 Å². The smallest absolute Gasteiger partial charge is 0.410 e. The summed E-state index contributed by atoms with van der Waals surface area (Å²) in [5.41, 5.74) is -0.641. The van der Waals surface area contributed by atoms with Gasteiger partial charge in [0.2, 0.25) is 0 Å². The molecule has 1 spiro atoms. The summed E-state index contributed by atoms with van der Waals surface area (Å²) in [4.78, 5) is 14.3. The minimum atomic E-state index is -0.452. The second-order valence-corrected chi connectivity index (χ2v) is 7.32. The Kier molecular flexibility index (Phi) is 4.42. The summed E-state index contributed by atoms with van der Waals surface area (Å²) in [5.74, 6) is 0. The number of ether oxygens (including phenoxy) is 2. The van der Waals surface area contributed by atoms with Crippen LogP contribution in [0.3, 0.4) is 0 Å². The van der Waals surface area contributed by atoms with Gasteiger partial charge in [0.1, 0.15) is 5.60 Å². The zero-order valence-electron chi connectivity index (χ0n) is 11.9. The molecule has 2 heterocycles. The zero-order valence-corrected chi connectivity index (χ0v) is 13.5. The number of halogens is 1. The number of carbonyl (C=O) groups is 1. The van der Waals surface area contributed by atoms with Crippen molar-refractivity contribution in [1.82, 2.24) is 8.83 Å². The molecule has 1 amide bonds. The maximum absolute atomic E-state index is 12.4. The summed E-state index contributed by atoms with van der Waals surface area (Å²) in [6.07, 6.45) is 1.62. The van der Waals surface area contributed by atoms with Gasteiger partial charge in [0.05, 0.1) is 18.8 Å². The van der Waals surface area contributed by atoms with E-state index < -0.39 is 5.60 Å². The second-order valence-electron chi connectivity index (χ2n) is 6.32. The number of carbonyl (C=O) groups excluding carboxylic acids is 1. The summed E-state index contributed by atoms with van der Waals surface area (Å²) < 4.78 is 13.3. The Labute approximate surface area is 123 Å². The third-order valence-electron chi connectivity index (χ3n) is 3.66. The summed E-state index contributed by atoms with van der Waals surface area (Å²) >= 11 is 3.50. The predicted octanol–water partition coefficient (Wildman–Crippen LogP) is 2.40. The van der Waals surface area contributed by atoms with E-state index in [1.54, 1.807) is 0 Å². The van der Waals surface area contributed by atoms with Crippen molar-refractivity contribution in [3.8, 4) is 0 Å². The Morgan fingerprint density at radius 1 is 1.26 bits per heavy atom. The van der Waals surface area contributed by atoms with Gasteiger partial charge in [-0.05, 0) is 33.6 Å². The van der Waals surface area contributed by atoms with Crippen LogP contribution in [0.15, 0.2) is 0 Å². The fourth-order valence-electron chi connectivity index (χ4n) is 2.64. The highest BCUT2D eigenvalue weighted by Gasteiger charge is 2.45. The largest absolute Gasteiger partial charge is 0.444 e. The van der Waals surface area contributed by atoms with Crippen LogP contribution in [0.1, 0.15) is 33.6 Å². The standard InChI is InChI=1S/C13H23BrN2O3/c1-12(2,3)19-11(17)16-8-9-18-10-13(16)4-6-15(14)7-5-13/h4-10H2,1-3H3. The highest BCUT2D eigenvalue weighted by atomic mass is 79.9. The molecule has 0 aromatic carbocycles. The maximum Gasteiger partial charge on any atom is 0.410 e. The first-order valence-electron chi connectivity index (χ1n) is 6.82. The lowest BCUT2D eigenvalue weighted by molar-refractivity contribution is -0.0895. The Hall–Kier alpha value is -0.330. The monoisotopic (exact) mass is 334 g/mol. The number of amides is 1.